The van der Waals surface area contributed by atoms with Crippen molar-refractivity contribution in [3.05, 3.63) is 65.7 Å². The van der Waals surface area contributed by atoms with Crippen LogP contribution >= 0.6 is 11.8 Å². The van der Waals surface area contributed by atoms with E-state index in [1.165, 1.54) is 59.5 Å². The van der Waals surface area contributed by atoms with Gasteiger partial charge in [-0.25, -0.2) is 0 Å². The number of para-hydroxylation sites is 1. The van der Waals surface area contributed by atoms with E-state index in [0.717, 1.165) is 19.4 Å². The van der Waals surface area contributed by atoms with Crippen LogP contribution < -0.4 is 4.90 Å². The van der Waals surface area contributed by atoms with Crippen LogP contribution in [0.5, 0.6) is 0 Å². The molecule has 2 nitrogen and oxygen atoms in total. The Balaban J connectivity index is 1.54. The average Bonchev–Trinajstić information content (AvgIpc) is 3.22. The fraction of sp³-hybridized carbons (Fsp3) is 0.481. The van der Waals surface area contributed by atoms with Gasteiger partial charge in [-0.3, -0.25) is 0 Å². The molecule has 1 heterocycles. The third kappa shape index (κ3) is 4.56. The average molecular weight is 420 g/mol. The van der Waals surface area contributed by atoms with Crippen LogP contribution in [0.1, 0.15) is 37.3 Å². The number of fused-ring (bicyclic) bond motifs is 1. The first-order valence-electron chi connectivity index (χ1n) is 11.5. The van der Waals surface area contributed by atoms with E-state index in [2.05, 4.69) is 84.5 Å². The predicted octanol–water partition coefficient (Wildman–Crippen LogP) is 5.37. The van der Waals surface area contributed by atoms with Crippen LogP contribution in [0.4, 0.5) is 5.69 Å². The standard InChI is InChI=1S/C27H35N2S/c1-3-29(22-30-2)19-10-9-16-27(29)17-11-18-28(25-14-5-4-6-15-25)26-20-23-12-7-8-13-24(23)21-26/h4-8,12-15,26-27H,3,9-10,16,18-22H2,1-2H3/q+1. The molecule has 0 bridgehead atoms. The molecule has 2 aromatic rings. The number of quaternary nitrogens is 1. The van der Waals surface area contributed by atoms with Gasteiger partial charge in [0, 0.05) is 18.2 Å². The van der Waals surface area contributed by atoms with Gasteiger partial charge in [0.1, 0.15) is 5.88 Å². The minimum Gasteiger partial charge on any atom is -0.357 e. The molecule has 0 N–H and O–H groups in total. The Morgan fingerprint density at radius 2 is 1.70 bits per heavy atom. The number of rotatable bonds is 6. The molecule has 1 saturated heterocycles. The highest BCUT2D eigenvalue weighted by Crippen LogP contribution is 2.30. The molecular weight excluding hydrogens is 384 g/mol. The number of thioether (sulfide) groups is 1. The van der Waals surface area contributed by atoms with Gasteiger partial charge in [-0.2, -0.15) is 0 Å². The van der Waals surface area contributed by atoms with Crippen LogP contribution in [0.2, 0.25) is 0 Å². The fourth-order valence-electron chi connectivity index (χ4n) is 5.34. The number of hydrogen-bond donors (Lipinski definition) is 0. The first kappa shape index (κ1) is 21.3. The summed E-state index contributed by atoms with van der Waals surface area (Å²) >= 11 is 1.98. The summed E-state index contributed by atoms with van der Waals surface area (Å²) in [6.07, 6.45) is 8.41. The van der Waals surface area contributed by atoms with Gasteiger partial charge in [0.25, 0.3) is 0 Å². The number of hydrogen-bond acceptors (Lipinski definition) is 2. The van der Waals surface area contributed by atoms with Gasteiger partial charge in [-0.15, -0.1) is 11.8 Å². The van der Waals surface area contributed by atoms with Crippen LogP contribution in [-0.2, 0) is 12.8 Å². The number of nitrogens with zero attached hydrogens (tertiary/aromatic N) is 2. The quantitative estimate of drug-likeness (QED) is 0.457. The van der Waals surface area contributed by atoms with Crippen LogP contribution in [0, 0.1) is 11.8 Å². The molecule has 2 aliphatic rings. The normalized spacial score (nSPS) is 23.5. The lowest BCUT2D eigenvalue weighted by Gasteiger charge is -2.44. The van der Waals surface area contributed by atoms with Crippen molar-refractivity contribution in [2.45, 2.75) is 51.1 Å². The van der Waals surface area contributed by atoms with E-state index >= 15 is 0 Å². The summed E-state index contributed by atoms with van der Waals surface area (Å²) in [6.45, 7) is 5.65. The third-order valence-corrected chi connectivity index (χ3v) is 7.86. The van der Waals surface area contributed by atoms with Crippen molar-refractivity contribution in [1.29, 1.82) is 0 Å². The SMILES string of the molecule is CC[N+]1(CSC)CCCCC1C#CCN(c1ccccc1)C1Cc2ccccc2C1. The summed E-state index contributed by atoms with van der Waals surface area (Å²) in [5.74, 6) is 8.61. The molecule has 2 unspecified atom stereocenters. The number of benzene rings is 2. The Labute approximate surface area is 187 Å². The first-order chi connectivity index (χ1) is 14.8. The Morgan fingerprint density at radius 1 is 1.00 bits per heavy atom. The second-order valence-corrected chi connectivity index (χ2v) is 9.64. The van der Waals surface area contributed by atoms with Crippen LogP contribution in [0.15, 0.2) is 54.6 Å². The fourth-order valence-corrected chi connectivity index (χ4v) is 6.35. The Kier molecular flexibility index (Phi) is 7.08. The van der Waals surface area contributed by atoms with Crippen molar-refractivity contribution in [3.8, 4) is 11.8 Å². The van der Waals surface area contributed by atoms with Crippen LogP contribution in [-0.4, -0.2) is 48.3 Å². The maximum absolute atomic E-state index is 3.76. The zero-order valence-electron chi connectivity index (χ0n) is 18.5. The molecule has 0 spiro atoms. The zero-order valence-corrected chi connectivity index (χ0v) is 19.3. The molecule has 30 heavy (non-hydrogen) atoms. The molecule has 0 amide bonds. The van der Waals surface area contributed by atoms with E-state index in [9.17, 15) is 0 Å². The maximum atomic E-state index is 3.76. The van der Waals surface area contributed by atoms with Crippen molar-refractivity contribution in [2.75, 3.05) is 36.7 Å². The molecule has 0 aromatic heterocycles. The second-order valence-electron chi connectivity index (χ2n) is 8.80. The largest absolute Gasteiger partial charge is 0.357 e. The number of likely N-dealkylation sites (tertiary alicyclic amines) is 1. The van der Waals surface area contributed by atoms with E-state index in [1.807, 2.05) is 11.8 Å². The first-order valence-corrected chi connectivity index (χ1v) is 12.9. The van der Waals surface area contributed by atoms with E-state index in [4.69, 9.17) is 0 Å². The minimum absolute atomic E-state index is 0.495. The van der Waals surface area contributed by atoms with E-state index < -0.39 is 0 Å². The Bertz CT molecular complexity index is 855. The molecule has 158 valence electrons. The number of piperidine rings is 1. The maximum Gasteiger partial charge on any atom is 0.151 e. The zero-order chi connectivity index (χ0) is 20.8. The van der Waals surface area contributed by atoms with Gasteiger partial charge in [-0.05, 0) is 68.0 Å². The summed E-state index contributed by atoms with van der Waals surface area (Å²) < 4.78 is 1.17. The molecule has 0 radical (unpaired) electrons. The summed E-state index contributed by atoms with van der Waals surface area (Å²) in [6, 6.07) is 20.8. The molecular formula is C27H35N2S+. The van der Waals surface area contributed by atoms with Gasteiger partial charge in [0.2, 0.25) is 0 Å². The van der Waals surface area contributed by atoms with Crippen molar-refractivity contribution in [3.63, 3.8) is 0 Å². The molecule has 1 aliphatic carbocycles. The molecule has 2 atom stereocenters. The van der Waals surface area contributed by atoms with Gasteiger partial charge in [0.15, 0.2) is 6.04 Å². The van der Waals surface area contributed by atoms with Gasteiger partial charge in [0.05, 0.1) is 19.6 Å². The van der Waals surface area contributed by atoms with E-state index in [-0.39, 0.29) is 0 Å². The molecule has 1 fully saturated rings. The summed E-state index contributed by atoms with van der Waals surface area (Å²) in [5, 5.41) is 0. The van der Waals surface area contributed by atoms with Crippen LogP contribution in [0.3, 0.4) is 0 Å². The molecule has 0 saturated carbocycles. The van der Waals surface area contributed by atoms with Crippen molar-refractivity contribution in [2.24, 2.45) is 0 Å². The van der Waals surface area contributed by atoms with Crippen molar-refractivity contribution < 1.29 is 4.48 Å². The van der Waals surface area contributed by atoms with Gasteiger partial charge in [-0.1, -0.05) is 48.4 Å². The molecule has 3 heteroatoms. The lowest BCUT2D eigenvalue weighted by atomic mass is 9.99. The summed E-state index contributed by atoms with van der Waals surface area (Å²) in [7, 11) is 0. The van der Waals surface area contributed by atoms with Gasteiger partial charge < -0.3 is 9.38 Å². The lowest BCUT2D eigenvalue weighted by Crippen LogP contribution is -2.57. The van der Waals surface area contributed by atoms with E-state index in [0.29, 0.717) is 12.1 Å². The second kappa shape index (κ2) is 9.94. The Morgan fingerprint density at radius 3 is 2.37 bits per heavy atom. The van der Waals surface area contributed by atoms with E-state index in [1.54, 1.807) is 0 Å². The van der Waals surface area contributed by atoms with Crippen LogP contribution in [0.25, 0.3) is 0 Å². The minimum atomic E-state index is 0.495. The summed E-state index contributed by atoms with van der Waals surface area (Å²) in [4.78, 5) is 2.55. The predicted molar refractivity (Wildman–Crippen MR) is 131 cm³/mol. The van der Waals surface area contributed by atoms with Gasteiger partial charge >= 0.3 is 0 Å². The topological polar surface area (TPSA) is 3.24 Å². The summed E-state index contributed by atoms with van der Waals surface area (Å²) in [5.41, 5.74) is 4.31. The molecule has 1 aliphatic heterocycles. The smallest absolute Gasteiger partial charge is 0.151 e. The lowest BCUT2D eigenvalue weighted by molar-refractivity contribution is -0.935. The monoisotopic (exact) mass is 419 g/mol. The highest BCUT2D eigenvalue weighted by Gasteiger charge is 2.36. The third-order valence-electron chi connectivity index (χ3n) is 7.08. The Hall–Kier alpha value is -1.89. The molecule has 4 rings (SSSR count). The molecule has 2 aromatic carbocycles. The highest BCUT2D eigenvalue weighted by atomic mass is 32.2. The van der Waals surface area contributed by atoms with Crippen molar-refractivity contribution in [1.82, 2.24) is 0 Å². The highest BCUT2D eigenvalue weighted by molar-refractivity contribution is 7.98. The van der Waals surface area contributed by atoms with Crippen molar-refractivity contribution >= 4 is 17.4 Å². The number of anilines is 1.